The lowest BCUT2D eigenvalue weighted by Crippen LogP contribution is -2.44. The molecule has 0 N–H and O–H groups in total. The van der Waals surface area contributed by atoms with E-state index < -0.39 is 9.84 Å². The van der Waals surface area contributed by atoms with Crippen molar-refractivity contribution >= 4 is 9.84 Å². The third kappa shape index (κ3) is 3.89. The van der Waals surface area contributed by atoms with Crippen molar-refractivity contribution in [3.63, 3.8) is 0 Å². The molecule has 1 atom stereocenters. The summed E-state index contributed by atoms with van der Waals surface area (Å²) in [6, 6.07) is 8.72. The highest BCUT2D eigenvalue weighted by Gasteiger charge is 2.39. The van der Waals surface area contributed by atoms with Crippen LogP contribution in [0.1, 0.15) is 20.3 Å². The van der Waals surface area contributed by atoms with Crippen LogP contribution in [-0.2, 0) is 9.84 Å². The van der Waals surface area contributed by atoms with Crippen LogP contribution in [0, 0.1) is 5.92 Å². The zero-order valence-corrected chi connectivity index (χ0v) is 14.9. The van der Waals surface area contributed by atoms with E-state index in [1.165, 1.54) is 6.42 Å². The maximum Gasteiger partial charge on any atom is 0.179 e. The average Bonchev–Trinajstić information content (AvgIpc) is 2.73. The molecule has 2 rings (SSSR count). The molecule has 22 heavy (non-hydrogen) atoms. The van der Waals surface area contributed by atoms with E-state index in [4.69, 9.17) is 0 Å². The molecule has 0 radical (unpaired) electrons. The molecule has 0 aliphatic carbocycles. The van der Waals surface area contributed by atoms with E-state index in [2.05, 4.69) is 30.7 Å². The van der Waals surface area contributed by atoms with Gasteiger partial charge in [-0.15, -0.1) is 0 Å². The Hall–Kier alpha value is -0.910. The van der Waals surface area contributed by atoms with Crippen LogP contribution >= 0.6 is 0 Å². The Labute approximate surface area is 135 Å². The van der Waals surface area contributed by atoms with E-state index >= 15 is 0 Å². The van der Waals surface area contributed by atoms with Gasteiger partial charge in [0.2, 0.25) is 0 Å². The number of nitrogens with zero attached hydrogens (tertiary/aromatic N) is 2. The molecule has 1 aromatic rings. The second kappa shape index (κ2) is 6.69. The topological polar surface area (TPSA) is 40.6 Å². The first-order valence-electron chi connectivity index (χ1n) is 7.91. The van der Waals surface area contributed by atoms with Crippen LogP contribution in [0.3, 0.4) is 0 Å². The Morgan fingerprint density at radius 2 is 1.91 bits per heavy atom. The second-order valence-corrected chi connectivity index (χ2v) is 9.06. The van der Waals surface area contributed by atoms with Crippen LogP contribution in [0.2, 0.25) is 0 Å². The van der Waals surface area contributed by atoms with Crippen LogP contribution in [0.15, 0.2) is 35.2 Å². The number of hydrogen-bond acceptors (Lipinski definition) is 4. The van der Waals surface area contributed by atoms with Crippen molar-refractivity contribution in [2.75, 3.05) is 39.5 Å². The molecule has 1 aliphatic heterocycles. The molecule has 1 fully saturated rings. The fourth-order valence-corrected chi connectivity index (χ4v) is 4.47. The predicted molar refractivity (Wildman–Crippen MR) is 90.8 cm³/mol. The molecule has 5 heteroatoms. The van der Waals surface area contributed by atoms with Crippen LogP contribution < -0.4 is 0 Å². The van der Waals surface area contributed by atoms with Crippen LogP contribution in [0.5, 0.6) is 0 Å². The quantitative estimate of drug-likeness (QED) is 0.804. The second-order valence-electron chi connectivity index (χ2n) is 6.95. The molecule has 124 valence electrons. The summed E-state index contributed by atoms with van der Waals surface area (Å²) in [5.74, 6) is 0.762. The molecule has 1 unspecified atom stereocenters. The maximum atomic E-state index is 12.3. The fraction of sp³-hybridized carbons (Fsp3) is 0.647. The van der Waals surface area contributed by atoms with Crippen LogP contribution in [0.25, 0.3) is 0 Å². The standard InChI is InChI=1S/C17H28N2O2S/c1-17(2)15(10-11-19(17)4)14-18(3)12-13-22(20,21)16-8-6-5-7-9-16/h5-9,15H,10-14H2,1-4H3. The summed E-state index contributed by atoms with van der Waals surface area (Å²) in [5, 5.41) is 0. The normalized spacial score (nSPS) is 22.3. The van der Waals surface area contributed by atoms with Gasteiger partial charge in [-0.2, -0.15) is 0 Å². The van der Waals surface area contributed by atoms with E-state index in [0.717, 1.165) is 13.1 Å². The zero-order valence-electron chi connectivity index (χ0n) is 14.1. The smallest absolute Gasteiger partial charge is 0.179 e. The number of likely N-dealkylation sites (tertiary alicyclic amines) is 1. The van der Waals surface area contributed by atoms with Gasteiger partial charge in [-0.25, -0.2) is 8.42 Å². The number of hydrogen-bond donors (Lipinski definition) is 0. The van der Waals surface area contributed by atoms with Gasteiger partial charge < -0.3 is 9.80 Å². The molecule has 4 nitrogen and oxygen atoms in total. The molecule has 0 spiro atoms. The van der Waals surface area contributed by atoms with Crippen molar-refractivity contribution in [2.45, 2.75) is 30.7 Å². The highest BCUT2D eigenvalue weighted by atomic mass is 32.2. The van der Waals surface area contributed by atoms with E-state index in [-0.39, 0.29) is 11.3 Å². The van der Waals surface area contributed by atoms with Gasteiger partial charge in [-0.05, 0) is 59.0 Å². The monoisotopic (exact) mass is 324 g/mol. The third-order valence-electron chi connectivity index (χ3n) is 5.17. The Kier molecular flexibility index (Phi) is 5.30. The van der Waals surface area contributed by atoms with Gasteiger partial charge in [0.25, 0.3) is 0 Å². The molecule has 1 aliphatic rings. The average molecular weight is 324 g/mol. The van der Waals surface area contributed by atoms with Gasteiger partial charge in [0, 0.05) is 18.6 Å². The molecule has 0 bridgehead atoms. The van der Waals surface area contributed by atoms with Crippen molar-refractivity contribution in [3.8, 4) is 0 Å². The minimum Gasteiger partial charge on any atom is -0.305 e. The number of rotatable bonds is 6. The Balaban J connectivity index is 1.90. The van der Waals surface area contributed by atoms with Crippen LogP contribution in [-0.4, -0.2) is 63.2 Å². The first-order valence-corrected chi connectivity index (χ1v) is 9.56. The molecular formula is C17H28N2O2S. The molecule has 1 heterocycles. The molecule has 0 saturated carbocycles. The lowest BCUT2D eigenvalue weighted by atomic mass is 9.88. The van der Waals surface area contributed by atoms with Crippen molar-refractivity contribution in [2.24, 2.45) is 5.92 Å². The highest BCUT2D eigenvalue weighted by Crippen LogP contribution is 2.33. The lowest BCUT2D eigenvalue weighted by molar-refractivity contribution is 0.144. The largest absolute Gasteiger partial charge is 0.305 e. The summed E-state index contributed by atoms with van der Waals surface area (Å²) >= 11 is 0. The van der Waals surface area contributed by atoms with Gasteiger partial charge >= 0.3 is 0 Å². The lowest BCUT2D eigenvalue weighted by Gasteiger charge is -2.35. The van der Waals surface area contributed by atoms with E-state index in [1.807, 2.05) is 13.1 Å². The summed E-state index contributed by atoms with van der Waals surface area (Å²) in [4.78, 5) is 4.97. The molecule has 1 aromatic carbocycles. The molecule has 1 saturated heterocycles. The van der Waals surface area contributed by atoms with Crippen molar-refractivity contribution < 1.29 is 8.42 Å². The van der Waals surface area contributed by atoms with Crippen molar-refractivity contribution in [1.82, 2.24) is 9.80 Å². The van der Waals surface area contributed by atoms with E-state index in [0.29, 0.717) is 17.4 Å². The first kappa shape index (κ1) is 17.4. The predicted octanol–water partition coefficient (Wildman–Crippen LogP) is 2.12. The van der Waals surface area contributed by atoms with Crippen molar-refractivity contribution in [1.29, 1.82) is 0 Å². The Morgan fingerprint density at radius 3 is 2.45 bits per heavy atom. The Bertz CT molecular complexity index is 584. The summed E-state index contributed by atoms with van der Waals surface area (Å²) < 4.78 is 24.6. The minimum absolute atomic E-state index is 0.177. The SMILES string of the molecule is CN(CCS(=O)(=O)c1ccccc1)CC1CCN(C)C1(C)C. The number of sulfone groups is 1. The van der Waals surface area contributed by atoms with Gasteiger partial charge in [0.15, 0.2) is 9.84 Å². The third-order valence-corrected chi connectivity index (χ3v) is 6.88. The van der Waals surface area contributed by atoms with Crippen LogP contribution in [0.4, 0.5) is 0 Å². The molecular weight excluding hydrogens is 296 g/mol. The summed E-state index contributed by atoms with van der Waals surface area (Å²) in [7, 11) is 1.01. The van der Waals surface area contributed by atoms with Crippen molar-refractivity contribution in [3.05, 3.63) is 30.3 Å². The highest BCUT2D eigenvalue weighted by molar-refractivity contribution is 7.91. The number of benzene rings is 1. The minimum atomic E-state index is -3.18. The van der Waals surface area contributed by atoms with E-state index in [1.54, 1.807) is 24.3 Å². The van der Waals surface area contributed by atoms with E-state index in [9.17, 15) is 8.42 Å². The van der Waals surface area contributed by atoms with Gasteiger partial charge in [0.05, 0.1) is 10.6 Å². The fourth-order valence-electron chi connectivity index (χ4n) is 3.11. The van der Waals surface area contributed by atoms with Gasteiger partial charge in [0.1, 0.15) is 0 Å². The van der Waals surface area contributed by atoms with Gasteiger partial charge in [-0.1, -0.05) is 18.2 Å². The summed E-state index contributed by atoms with van der Waals surface area (Å²) in [6.45, 7) is 7.20. The summed E-state index contributed by atoms with van der Waals surface area (Å²) in [6.07, 6.45) is 1.18. The Morgan fingerprint density at radius 1 is 1.27 bits per heavy atom. The summed E-state index contributed by atoms with van der Waals surface area (Å²) in [5.41, 5.74) is 0.187. The molecule has 0 aromatic heterocycles. The molecule has 0 amide bonds. The van der Waals surface area contributed by atoms with Gasteiger partial charge in [-0.3, -0.25) is 0 Å². The zero-order chi connectivity index (χ0) is 16.4. The first-order chi connectivity index (χ1) is 10.2. The maximum absolute atomic E-state index is 12.3.